The fourth-order valence-electron chi connectivity index (χ4n) is 1.95. The molecule has 0 aliphatic carbocycles. The Labute approximate surface area is 134 Å². The van der Waals surface area contributed by atoms with Gasteiger partial charge in [-0.2, -0.15) is 0 Å². The summed E-state index contributed by atoms with van der Waals surface area (Å²) in [6.45, 7) is 2.86. The number of ether oxygens (including phenoxy) is 1. The number of terminal acetylenes is 1. The first-order valence-corrected chi connectivity index (χ1v) is 7.14. The lowest BCUT2D eigenvalue weighted by Crippen LogP contribution is -2.27. The molecule has 0 aliphatic rings. The standard InChI is InChI=1S/C17H17N3O3/c1-3-9-18-17(22)13-5-8-16(21)20(11-13)12-14-6-7-15(10-19-14)23-4-2/h1,5-8,10-11H,4,9,12H2,2H3,(H,18,22). The molecule has 1 N–H and O–H groups in total. The minimum Gasteiger partial charge on any atom is -0.492 e. The van der Waals surface area contributed by atoms with Crippen molar-refractivity contribution in [3.05, 3.63) is 58.3 Å². The van der Waals surface area contributed by atoms with Gasteiger partial charge in [-0.1, -0.05) is 5.92 Å². The molecule has 0 atom stereocenters. The van der Waals surface area contributed by atoms with E-state index in [0.29, 0.717) is 23.6 Å². The molecule has 2 heterocycles. The lowest BCUT2D eigenvalue weighted by Gasteiger charge is -2.08. The molecule has 2 aromatic heterocycles. The van der Waals surface area contributed by atoms with Crippen LogP contribution in [0.5, 0.6) is 5.75 Å². The van der Waals surface area contributed by atoms with Crippen molar-refractivity contribution in [2.24, 2.45) is 0 Å². The highest BCUT2D eigenvalue weighted by molar-refractivity contribution is 5.93. The third-order valence-corrected chi connectivity index (χ3v) is 3.04. The van der Waals surface area contributed by atoms with Crippen LogP contribution in [-0.4, -0.2) is 28.6 Å². The van der Waals surface area contributed by atoms with Gasteiger partial charge in [0.05, 0.1) is 37.2 Å². The highest BCUT2D eigenvalue weighted by atomic mass is 16.5. The van der Waals surface area contributed by atoms with Gasteiger partial charge >= 0.3 is 0 Å². The zero-order valence-corrected chi connectivity index (χ0v) is 12.8. The van der Waals surface area contributed by atoms with Crippen LogP contribution in [-0.2, 0) is 6.54 Å². The van der Waals surface area contributed by atoms with E-state index in [2.05, 4.69) is 16.2 Å². The van der Waals surface area contributed by atoms with E-state index in [1.54, 1.807) is 18.3 Å². The molecule has 1 amide bonds. The second-order valence-corrected chi connectivity index (χ2v) is 4.69. The molecule has 23 heavy (non-hydrogen) atoms. The molecule has 0 aliphatic heterocycles. The van der Waals surface area contributed by atoms with Crippen LogP contribution in [0.3, 0.4) is 0 Å². The zero-order valence-electron chi connectivity index (χ0n) is 12.8. The maximum absolute atomic E-state index is 11.9. The summed E-state index contributed by atoms with van der Waals surface area (Å²) in [6.07, 6.45) is 8.20. The van der Waals surface area contributed by atoms with Crippen LogP contribution in [0.1, 0.15) is 23.0 Å². The molecule has 2 rings (SSSR count). The van der Waals surface area contributed by atoms with Crippen molar-refractivity contribution in [2.75, 3.05) is 13.2 Å². The largest absolute Gasteiger partial charge is 0.492 e. The summed E-state index contributed by atoms with van der Waals surface area (Å²) in [4.78, 5) is 28.1. The van der Waals surface area contributed by atoms with Crippen molar-refractivity contribution in [2.45, 2.75) is 13.5 Å². The van der Waals surface area contributed by atoms with Crippen molar-refractivity contribution in [3.8, 4) is 18.1 Å². The van der Waals surface area contributed by atoms with Crippen LogP contribution in [0.4, 0.5) is 0 Å². The molecule has 6 heteroatoms. The summed E-state index contributed by atoms with van der Waals surface area (Å²) in [6, 6.07) is 6.39. The van der Waals surface area contributed by atoms with Crippen LogP contribution in [0.2, 0.25) is 0 Å². The SMILES string of the molecule is C#CCNC(=O)c1ccc(=O)n(Cc2ccc(OCC)cn2)c1. The van der Waals surface area contributed by atoms with E-state index in [1.807, 2.05) is 6.92 Å². The van der Waals surface area contributed by atoms with Crippen LogP contribution in [0.25, 0.3) is 0 Å². The molecule has 0 saturated heterocycles. The molecule has 6 nitrogen and oxygen atoms in total. The molecule has 0 radical (unpaired) electrons. The number of rotatable bonds is 6. The number of amides is 1. The average Bonchev–Trinajstić information content (AvgIpc) is 2.56. The highest BCUT2D eigenvalue weighted by Crippen LogP contribution is 2.09. The van der Waals surface area contributed by atoms with Gasteiger partial charge in [0.25, 0.3) is 11.5 Å². The Bertz CT molecular complexity index is 773. The van der Waals surface area contributed by atoms with Crippen molar-refractivity contribution >= 4 is 5.91 Å². The van der Waals surface area contributed by atoms with Gasteiger partial charge in [-0.25, -0.2) is 0 Å². The van der Waals surface area contributed by atoms with Crippen molar-refractivity contribution in [3.63, 3.8) is 0 Å². The monoisotopic (exact) mass is 311 g/mol. The van der Waals surface area contributed by atoms with Gasteiger partial charge in [0, 0.05) is 12.3 Å². The number of pyridine rings is 2. The van der Waals surface area contributed by atoms with Gasteiger partial charge in [-0.3, -0.25) is 14.6 Å². The highest BCUT2D eigenvalue weighted by Gasteiger charge is 2.07. The number of carbonyl (C=O) groups is 1. The summed E-state index contributed by atoms with van der Waals surface area (Å²) in [5.41, 5.74) is 0.844. The Morgan fingerprint density at radius 3 is 2.87 bits per heavy atom. The van der Waals surface area contributed by atoms with Gasteiger partial charge in [-0.15, -0.1) is 6.42 Å². The predicted molar refractivity (Wildman–Crippen MR) is 86.4 cm³/mol. The minimum absolute atomic E-state index is 0.137. The van der Waals surface area contributed by atoms with Crippen molar-refractivity contribution in [1.29, 1.82) is 0 Å². The summed E-state index contributed by atoms with van der Waals surface area (Å²) in [7, 11) is 0. The molecule has 0 aromatic carbocycles. The molecule has 0 spiro atoms. The van der Waals surface area contributed by atoms with E-state index in [9.17, 15) is 9.59 Å². The van der Waals surface area contributed by atoms with Crippen LogP contribution < -0.4 is 15.6 Å². The van der Waals surface area contributed by atoms with E-state index in [-0.39, 0.29) is 24.6 Å². The van der Waals surface area contributed by atoms with E-state index >= 15 is 0 Å². The number of hydrogen-bond donors (Lipinski definition) is 1. The first kappa shape index (κ1) is 16.3. The van der Waals surface area contributed by atoms with Crippen molar-refractivity contribution < 1.29 is 9.53 Å². The number of aromatic nitrogens is 2. The fourth-order valence-corrected chi connectivity index (χ4v) is 1.95. The topological polar surface area (TPSA) is 73.2 Å². The van der Waals surface area contributed by atoms with Gasteiger partial charge in [-0.05, 0) is 25.1 Å². The Morgan fingerprint density at radius 2 is 2.22 bits per heavy atom. The van der Waals surface area contributed by atoms with E-state index < -0.39 is 0 Å². The average molecular weight is 311 g/mol. The van der Waals surface area contributed by atoms with Crippen molar-refractivity contribution in [1.82, 2.24) is 14.9 Å². The van der Waals surface area contributed by atoms with E-state index in [4.69, 9.17) is 11.2 Å². The maximum atomic E-state index is 11.9. The fraction of sp³-hybridized carbons (Fsp3) is 0.235. The molecule has 0 saturated carbocycles. The molecule has 0 bridgehead atoms. The van der Waals surface area contributed by atoms with Crippen LogP contribution in [0.15, 0.2) is 41.5 Å². The summed E-state index contributed by atoms with van der Waals surface area (Å²) >= 11 is 0. The second-order valence-electron chi connectivity index (χ2n) is 4.69. The molecule has 2 aromatic rings. The maximum Gasteiger partial charge on any atom is 0.253 e. The second kappa shape index (κ2) is 7.80. The number of hydrogen-bond acceptors (Lipinski definition) is 4. The predicted octanol–water partition coefficient (Wildman–Crippen LogP) is 1.05. The molecular weight excluding hydrogens is 294 g/mol. The van der Waals surface area contributed by atoms with Crippen LogP contribution in [0, 0.1) is 12.3 Å². The number of carbonyl (C=O) groups excluding carboxylic acids is 1. The van der Waals surface area contributed by atoms with E-state index in [1.165, 1.54) is 22.9 Å². The molecular formula is C17H17N3O3. The van der Waals surface area contributed by atoms with Crippen LogP contribution >= 0.6 is 0 Å². The van der Waals surface area contributed by atoms with E-state index in [0.717, 1.165) is 0 Å². The lowest BCUT2D eigenvalue weighted by molar-refractivity contribution is 0.0958. The Balaban J connectivity index is 2.17. The van der Waals surface area contributed by atoms with Gasteiger partial charge in [0.2, 0.25) is 0 Å². The van der Waals surface area contributed by atoms with Gasteiger partial charge < -0.3 is 14.6 Å². The Hall–Kier alpha value is -3.07. The molecule has 0 unspecified atom stereocenters. The third kappa shape index (κ3) is 4.45. The summed E-state index contributed by atoms with van der Waals surface area (Å²) < 4.78 is 6.75. The Kier molecular flexibility index (Phi) is 5.53. The molecule has 0 fully saturated rings. The minimum atomic E-state index is -0.323. The first-order chi connectivity index (χ1) is 11.1. The third-order valence-electron chi connectivity index (χ3n) is 3.04. The summed E-state index contributed by atoms with van der Waals surface area (Å²) in [5, 5.41) is 2.56. The van der Waals surface area contributed by atoms with Gasteiger partial charge in [0.15, 0.2) is 0 Å². The first-order valence-electron chi connectivity index (χ1n) is 7.14. The normalized spacial score (nSPS) is 9.91. The molecule has 118 valence electrons. The number of nitrogens with zero attached hydrogens (tertiary/aromatic N) is 2. The number of nitrogens with one attached hydrogen (secondary N) is 1. The lowest BCUT2D eigenvalue weighted by atomic mass is 10.2. The van der Waals surface area contributed by atoms with Gasteiger partial charge in [0.1, 0.15) is 5.75 Å². The summed E-state index contributed by atoms with van der Waals surface area (Å²) in [5.74, 6) is 2.68. The quantitative estimate of drug-likeness (QED) is 0.810. The Morgan fingerprint density at radius 1 is 1.39 bits per heavy atom. The zero-order chi connectivity index (χ0) is 16.7. The smallest absolute Gasteiger partial charge is 0.253 e.